The molecule has 5 nitrogen and oxygen atoms in total. The number of benzene rings is 1. The van der Waals surface area contributed by atoms with Gasteiger partial charge in [-0.1, -0.05) is 11.6 Å². The molecule has 0 aromatic heterocycles. The Labute approximate surface area is 136 Å². The first-order valence-corrected chi connectivity index (χ1v) is 7.24. The van der Waals surface area contributed by atoms with Crippen LogP contribution in [0.15, 0.2) is 18.2 Å². The van der Waals surface area contributed by atoms with E-state index in [0.717, 1.165) is 0 Å². The summed E-state index contributed by atoms with van der Waals surface area (Å²) in [5.74, 6) is -2.04. The zero-order valence-electron chi connectivity index (χ0n) is 12.3. The molecule has 23 heavy (non-hydrogen) atoms. The van der Waals surface area contributed by atoms with Crippen LogP contribution in [0.5, 0.6) is 0 Å². The molecule has 0 radical (unpaired) electrons. The number of carbonyl (C=O) groups is 2. The van der Waals surface area contributed by atoms with Crippen LogP contribution in [0.4, 0.5) is 24.5 Å². The van der Waals surface area contributed by atoms with E-state index < -0.39 is 12.1 Å². The summed E-state index contributed by atoms with van der Waals surface area (Å²) in [6.07, 6.45) is -4.95. The van der Waals surface area contributed by atoms with E-state index >= 15 is 0 Å². The molecule has 1 saturated heterocycles. The Bertz CT molecular complexity index is 614. The summed E-state index contributed by atoms with van der Waals surface area (Å²) in [7, 11) is 0. The average Bonchev–Trinajstić information content (AvgIpc) is 2.46. The van der Waals surface area contributed by atoms with Crippen molar-refractivity contribution in [1.29, 1.82) is 0 Å². The second kappa shape index (κ2) is 6.66. The Morgan fingerprint density at radius 2 is 1.78 bits per heavy atom. The maximum Gasteiger partial charge on any atom is 0.471 e. The molecule has 2 amide bonds. The quantitative estimate of drug-likeness (QED) is 0.892. The summed E-state index contributed by atoms with van der Waals surface area (Å²) in [5.41, 5.74) is 0.628. The highest BCUT2D eigenvalue weighted by atomic mass is 35.5. The molecular weight excluding hydrogens is 335 g/mol. The highest BCUT2D eigenvalue weighted by Crippen LogP contribution is 2.30. The van der Waals surface area contributed by atoms with Gasteiger partial charge in [-0.2, -0.15) is 13.2 Å². The third-order valence-corrected chi connectivity index (χ3v) is 3.83. The smallest absolute Gasteiger partial charge is 0.367 e. The first-order valence-electron chi connectivity index (χ1n) is 6.86. The Kier molecular flexibility index (Phi) is 5.03. The van der Waals surface area contributed by atoms with Gasteiger partial charge in [-0.05, 0) is 18.2 Å². The SMILES string of the molecule is CC(=O)N1CCN(c2ccc(NC(=O)C(F)(F)F)cc2Cl)CC1. The number of hydrogen-bond acceptors (Lipinski definition) is 3. The van der Waals surface area contributed by atoms with Crippen LogP contribution >= 0.6 is 11.6 Å². The molecule has 1 aromatic rings. The lowest BCUT2D eigenvalue weighted by Gasteiger charge is -2.36. The molecule has 1 aromatic carbocycles. The van der Waals surface area contributed by atoms with Gasteiger partial charge < -0.3 is 15.1 Å². The number of nitrogens with zero attached hydrogens (tertiary/aromatic N) is 2. The molecule has 0 spiro atoms. The molecule has 1 heterocycles. The van der Waals surface area contributed by atoms with Crippen LogP contribution in [0.1, 0.15) is 6.92 Å². The van der Waals surface area contributed by atoms with Crippen LogP contribution in [-0.4, -0.2) is 49.1 Å². The first kappa shape index (κ1) is 17.4. The van der Waals surface area contributed by atoms with Gasteiger partial charge in [0.05, 0.1) is 10.7 Å². The molecule has 1 fully saturated rings. The fourth-order valence-electron chi connectivity index (χ4n) is 2.31. The Morgan fingerprint density at radius 3 is 2.26 bits per heavy atom. The van der Waals surface area contributed by atoms with Crippen molar-refractivity contribution in [2.45, 2.75) is 13.1 Å². The maximum atomic E-state index is 12.2. The fourth-order valence-corrected chi connectivity index (χ4v) is 2.61. The lowest BCUT2D eigenvalue weighted by Crippen LogP contribution is -2.48. The van der Waals surface area contributed by atoms with Crippen molar-refractivity contribution in [3.8, 4) is 0 Å². The summed E-state index contributed by atoms with van der Waals surface area (Å²) in [6.45, 7) is 3.76. The fraction of sp³-hybridized carbons (Fsp3) is 0.429. The zero-order valence-corrected chi connectivity index (χ0v) is 13.0. The molecule has 1 aliphatic rings. The second-order valence-electron chi connectivity index (χ2n) is 5.11. The maximum absolute atomic E-state index is 12.2. The number of halogens is 4. The van der Waals surface area contributed by atoms with E-state index in [1.54, 1.807) is 16.3 Å². The van der Waals surface area contributed by atoms with Crippen molar-refractivity contribution in [2.24, 2.45) is 0 Å². The molecule has 0 unspecified atom stereocenters. The van der Waals surface area contributed by atoms with Crippen molar-refractivity contribution in [3.63, 3.8) is 0 Å². The van der Waals surface area contributed by atoms with E-state index in [-0.39, 0.29) is 16.6 Å². The molecule has 2 rings (SSSR count). The Balaban J connectivity index is 2.06. The van der Waals surface area contributed by atoms with Crippen LogP contribution in [0, 0.1) is 0 Å². The van der Waals surface area contributed by atoms with Crippen molar-refractivity contribution < 1.29 is 22.8 Å². The van der Waals surface area contributed by atoms with Crippen molar-refractivity contribution in [3.05, 3.63) is 23.2 Å². The van der Waals surface area contributed by atoms with Crippen molar-refractivity contribution in [2.75, 3.05) is 36.4 Å². The van der Waals surface area contributed by atoms with Gasteiger partial charge >= 0.3 is 12.1 Å². The molecule has 1 aliphatic heterocycles. The molecule has 126 valence electrons. The highest BCUT2D eigenvalue weighted by molar-refractivity contribution is 6.33. The van der Waals surface area contributed by atoms with E-state index in [1.165, 1.54) is 19.1 Å². The largest absolute Gasteiger partial charge is 0.471 e. The average molecular weight is 350 g/mol. The lowest BCUT2D eigenvalue weighted by atomic mass is 10.2. The van der Waals surface area contributed by atoms with E-state index in [9.17, 15) is 22.8 Å². The van der Waals surface area contributed by atoms with Crippen LogP contribution in [0.2, 0.25) is 5.02 Å². The number of anilines is 2. The predicted molar refractivity (Wildman–Crippen MR) is 80.6 cm³/mol. The van der Waals surface area contributed by atoms with Crippen LogP contribution < -0.4 is 10.2 Å². The van der Waals surface area contributed by atoms with Gasteiger partial charge in [0.15, 0.2) is 0 Å². The second-order valence-corrected chi connectivity index (χ2v) is 5.52. The molecule has 9 heteroatoms. The molecule has 0 bridgehead atoms. The van der Waals surface area contributed by atoms with Gasteiger partial charge in [0, 0.05) is 38.8 Å². The van der Waals surface area contributed by atoms with E-state index in [2.05, 4.69) is 0 Å². The topological polar surface area (TPSA) is 52.7 Å². The minimum Gasteiger partial charge on any atom is -0.367 e. The zero-order chi connectivity index (χ0) is 17.2. The molecular formula is C14H15ClF3N3O2. The summed E-state index contributed by atoms with van der Waals surface area (Å²) >= 11 is 6.10. The number of piperazine rings is 1. The van der Waals surface area contributed by atoms with Crippen molar-refractivity contribution in [1.82, 2.24) is 4.90 Å². The molecule has 1 N–H and O–H groups in total. The van der Waals surface area contributed by atoms with Crippen molar-refractivity contribution >= 4 is 34.8 Å². The molecule has 0 atom stereocenters. The lowest BCUT2D eigenvalue weighted by molar-refractivity contribution is -0.167. The Morgan fingerprint density at radius 1 is 1.17 bits per heavy atom. The van der Waals surface area contributed by atoms with Crippen LogP contribution in [0.3, 0.4) is 0 Å². The normalized spacial score (nSPS) is 15.5. The standard InChI is InChI=1S/C14H15ClF3N3O2/c1-9(22)20-4-6-21(7-5-20)12-3-2-10(8-11(12)15)19-13(23)14(16,17)18/h2-3,8H,4-7H2,1H3,(H,19,23). The molecule has 0 aliphatic carbocycles. The summed E-state index contributed by atoms with van der Waals surface area (Å²) in [6, 6.07) is 4.19. The number of amides is 2. The molecule has 0 saturated carbocycles. The minimum absolute atomic E-state index is 0.000887. The van der Waals surface area contributed by atoms with Gasteiger partial charge in [0.2, 0.25) is 5.91 Å². The van der Waals surface area contributed by atoms with Gasteiger partial charge in [0.1, 0.15) is 0 Å². The predicted octanol–water partition coefficient (Wildman–Crippen LogP) is 2.51. The van der Waals surface area contributed by atoms with E-state index in [1.807, 2.05) is 4.90 Å². The van der Waals surface area contributed by atoms with Gasteiger partial charge in [-0.3, -0.25) is 9.59 Å². The van der Waals surface area contributed by atoms with Gasteiger partial charge in [-0.15, -0.1) is 0 Å². The minimum atomic E-state index is -4.95. The van der Waals surface area contributed by atoms with Crippen LogP contribution in [0.25, 0.3) is 0 Å². The number of alkyl halides is 3. The number of rotatable bonds is 2. The van der Waals surface area contributed by atoms with Crippen LogP contribution in [-0.2, 0) is 9.59 Å². The highest BCUT2D eigenvalue weighted by Gasteiger charge is 2.38. The third kappa shape index (κ3) is 4.28. The number of carbonyl (C=O) groups excluding carboxylic acids is 2. The number of nitrogens with one attached hydrogen (secondary N) is 1. The monoisotopic (exact) mass is 349 g/mol. The van der Waals surface area contributed by atoms with E-state index in [4.69, 9.17) is 11.6 Å². The summed E-state index contributed by atoms with van der Waals surface area (Å²) in [4.78, 5) is 25.8. The Hall–Kier alpha value is -1.96. The van der Waals surface area contributed by atoms with Gasteiger partial charge in [0.25, 0.3) is 0 Å². The third-order valence-electron chi connectivity index (χ3n) is 3.53. The van der Waals surface area contributed by atoms with E-state index in [0.29, 0.717) is 31.9 Å². The summed E-state index contributed by atoms with van der Waals surface area (Å²) < 4.78 is 36.7. The summed E-state index contributed by atoms with van der Waals surface area (Å²) in [5, 5.41) is 1.99. The number of hydrogen-bond donors (Lipinski definition) is 1. The van der Waals surface area contributed by atoms with Gasteiger partial charge in [-0.25, -0.2) is 0 Å². The first-order chi connectivity index (χ1) is 10.7.